The molecule has 1 rings (SSSR count). The van der Waals surface area contributed by atoms with Crippen LogP contribution in [0.2, 0.25) is 0 Å². The topological polar surface area (TPSA) is 23.5 Å². The van der Waals surface area contributed by atoms with Gasteiger partial charge in [0.25, 0.3) is 0 Å². The highest BCUT2D eigenvalue weighted by Gasteiger charge is 2.22. The molecule has 0 fully saturated rings. The van der Waals surface area contributed by atoms with E-state index in [0.29, 0.717) is 5.92 Å². The van der Waals surface area contributed by atoms with Crippen LogP contribution in [0.25, 0.3) is 0 Å². The molecule has 0 aliphatic heterocycles. The summed E-state index contributed by atoms with van der Waals surface area (Å²) in [6.07, 6.45) is 0. The van der Waals surface area contributed by atoms with Crippen LogP contribution >= 0.6 is 0 Å². The average molecular weight is 235 g/mol. The summed E-state index contributed by atoms with van der Waals surface area (Å²) in [6.45, 7) is 9.55. The van der Waals surface area contributed by atoms with Crippen LogP contribution in [0.5, 0.6) is 0 Å². The van der Waals surface area contributed by atoms with E-state index in [4.69, 9.17) is 0 Å². The Hall–Kier alpha value is -0.860. The van der Waals surface area contributed by atoms with Crippen molar-refractivity contribution in [3.63, 3.8) is 0 Å². The second-order valence-corrected chi connectivity index (χ2v) is 5.72. The van der Waals surface area contributed by atoms with Gasteiger partial charge in [0.15, 0.2) is 0 Å². The van der Waals surface area contributed by atoms with Crippen LogP contribution in [0.1, 0.15) is 44.7 Å². The Morgan fingerprint density at radius 2 is 1.71 bits per heavy atom. The molecule has 0 aliphatic rings. The first-order valence-electron chi connectivity index (χ1n) is 6.28. The molecule has 1 aromatic carbocycles. The van der Waals surface area contributed by atoms with Gasteiger partial charge in [0.2, 0.25) is 0 Å². The van der Waals surface area contributed by atoms with E-state index in [1.165, 1.54) is 11.1 Å². The summed E-state index contributed by atoms with van der Waals surface area (Å²) >= 11 is 0. The number of rotatable bonds is 5. The number of aliphatic hydroxyl groups excluding tert-OH is 1. The first kappa shape index (κ1) is 14.2. The molecule has 0 heterocycles. The Morgan fingerprint density at radius 1 is 1.18 bits per heavy atom. The molecule has 17 heavy (non-hydrogen) atoms. The van der Waals surface area contributed by atoms with Gasteiger partial charge in [0.1, 0.15) is 0 Å². The van der Waals surface area contributed by atoms with E-state index < -0.39 is 0 Å². The fraction of sp³-hybridized carbons (Fsp3) is 0.600. The molecule has 2 nitrogen and oxygen atoms in total. The summed E-state index contributed by atoms with van der Waals surface area (Å²) in [5.74, 6) is 0.579. The van der Waals surface area contributed by atoms with Gasteiger partial charge in [-0.2, -0.15) is 0 Å². The van der Waals surface area contributed by atoms with Gasteiger partial charge in [0.05, 0.1) is 6.61 Å². The molecule has 0 atom stereocenters. The van der Waals surface area contributed by atoms with Crippen LogP contribution < -0.4 is 0 Å². The van der Waals surface area contributed by atoms with Gasteiger partial charge in [-0.25, -0.2) is 0 Å². The first-order chi connectivity index (χ1) is 7.86. The van der Waals surface area contributed by atoms with E-state index in [1.807, 2.05) is 7.05 Å². The molecule has 1 aromatic rings. The average Bonchev–Trinajstić information content (AvgIpc) is 2.29. The molecule has 2 heteroatoms. The zero-order valence-corrected chi connectivity index (χ0v) is 11.7. The number of nitrogens with zero attached hydrogens (tertiary/aromatic N) is 1. The Morgan fingerprint density at radius 3 is 2.12 bits per heavy atom. The SMILES string of the molecule is CC(C)c1ccc(CN(C)C(C)(C)CO)cc1. The lowest BCUT2D eigenvalue weighted by Crippen LogP contribution is -2.43. The largest absolute Gasteiger partial charge is 0.394 e. The molecule has 0 saturated heterocycles. The highest BCUT2D eigenvalue weighted by molar-refractivity contribution is 5.24. The number of hydrogen-bond acceptors (Lipinski definition) is 2. The van der Waals surface area contributed by atoms with Crippen LogP contribution in [-0.4, -0.2) is 29.2 Å². The normalized spacial score (nSPS) is 12.5. The van der Waals surface area contributed by atoms with Crippen LogP contribution in [-0.2, 0) is 6.54 Å². The third-order valence-corrected chi connectivity index (χ3v) is 3.49. The Labute approximate surface area is 105 Å². The summed E-state index contributed by atoms with van der Waals surface area (Å²) in [4.78, 5) is 2.18. The second kappa shape index (κ2) is 5.65. The van der Waals surface area contributed by atoms with Crippen molar-refractivity contribution in [2.75, 3.05) is 13.7 Å². The van der Waals surface area contributed by atoms with Crippen LogP contribution in [0.4, 0.5) is 0 Å². The molecule has 0 saturated carbocycles. The van der Waals surface area contributed by atoms with Gasteiger partial charge in [-0.05, 0) is 37.9 Å². The molecule has 0 spiro atoms. The van der Waals surface area contributed by atoms with Gasteiger partial charge < -0.3 is 5.11 Å². The monoisotopic (exact) mass is 235 g/mol. The lowest BCUT2D eigenvalue weighted by molar-refractivity contribution is 0.0734. The van der Waals surface area contributed by atoms with Gasteiger partial charge in [0, 0.05) is 12.1 Å². The molecular weight excluding hydrogens is 210 g/mol. The van der Waals surface area contributed by atoms with Gasteiger partial charge >= 0.3 is 0 Å². The summed E-state index contributed by atoms with van der Waals surface area (Å²) < 4.78 is 0. The van der Waals surface area contributed by atoms with Gasteiger partial charge in [-0.1, -0.05) is 38.1 Å². The van der Waals surface area contributed by atoms with Gasteiger partial charge in [-0.15, -0.1) is 0 Å². The van der Waals surface area contributed by atoms with Crippen molar-refractivity contribution in [3.8, 4) is 0 Å². The second-order valence-electron chi connectivity index (χ2n) is 5.72. The van der Waals surface area contributed by atoms with Crippen molar-refractivity contribution in [2.45, 2.75) is 45.7 Å². The molecule has 0 bridgehead atoms. The quantitative estimate of drug-likeness (QED) is 0.848. The van der Waals surface area contributed by atoms with E-state index >= 15 is 0 Å². The predicted octanol–water partition coefficient (Wildman–Crippen LogP) is 3.01. The fourth-order valence-corrected chi connectivity index (χ4v) is 1.62. The molecule has 0 unspecified atom stereocenters. The number of aliphatic hydroxyl groups is 1. The van der Waals surface area contributed by atoms with E-state index in [2.05, 4.69) is 56.9 Å². The Bertz CT molecular complexity index is 340. The lowest BCUT2D eigenvalue weighted by atomic mass is 10.0. The minimum absolute atomic E-state index is 0.170. The molecule has 0 aliphatic carbocycles. The summed E-state index contributed by atoms with van der Waals surface area (Å²) in [6, 6.07) is 8.75. The lowest BCUT2D eigenvalue weighted by Gasteiger charge is -2.33. The number of hydrogen-bond donors (Lipinski definition) is 1. The molecular formula is C15H25NO. The van der Waals surface area contributed by atoms with Crippen molar-refractivity contribution in [1.29, 1.82) is 0 Å². The standard InChI is InChI=1S/C15H25NO/c1-12(2)14-8-6-13(7-9-14)10-16(5)15(3,4)11-17/h6-9,12,17H,10-11H2,1-5H3. The summed E-state index contributed by atoms with van der Waals surface area (Å²) in [5, 5.41) is 9.32. The van der Waals surface area contributed by atoms with Crippen LogP contribution in [0.15, 0.2) is 24.3 Å². The predicted molar refractivity (Wildman–Crippen MR) is 73.2 cm³/mol. The van der Waals surface area contributed by atoms with E-state index in [0.717, 1.165) is 6.54 Å². The Kier molecular flexibility index (Phi) is 4.72. The Balaban J connectivity index is 2.69. The third-order valence-electron chi connectivity index (χ3n) is 3.49. The smallest absolute Gasteiger partial charge is 0.0610 e. The molecule has 1 N–H and O–H groups in total. The fourth-order valence-electron chi connectivity index (χ4n) is 1.62. The minimum Gasteiger partial charge on any atom is -0.394 e. The maximum absolute atomic E-state index is 9.32. The molecule has 0 amide bonds. The molecule has 96 valence electrons. The first-order valence-corrected chi connectivity index (χ1v) is 6.28. The summed E-state index contributed by atoms with van der Waals surface area (Å²) in [7, 11) is 2.05. The van der Waals surface area contributed by atoms with Gasteiger partial charge in [-0.3, -0.25) is 4.90 Å². The van der Waals surface area contributed by atoms with Crippen molar-refractivity contribution in [1.82, 2.24) is 4.90 Å². The summed E-state index contributed by atoms with van der Waals surface area (Å²) in [5.41, 5.74) is 2.49. The van der Waals surface area contributed by atoms with Crippen molar-refractivity contribution >= 4 is 0 Å². The maximum Gasteiger partial charge on any atom is 0.0610 e. The van der Waals surface area contributed by atoms with Crippen molar-refractivity contribution in [2.24, 2.45) is 0 Å². The zero-order valence-electron chi connectivity index (χ0n) is 11.7. The highest BCUT2D eigenvalue weighted by Crippen LogP contribution is 2.18. The van der Waals surface area contributed by atoms with E-state index in [1.54, 1.807) is 0 Å². The highest BCUT2D eigenvalue weighted by atomic mass is 16.3. The molecule has 0 radical (unpaired) electrons. The third kappa shape index (κ3) is 3.83. The number of benzene rings is 1. The maximum atomic E-state index is 9.32. The van der Waals surface area contributed by atoms with E-state index in [9.17, 15) is 5.11 Å². The van der Waals surface area contributed by atoms with Crippen LogP contribution in [0.3, 0.4) is 0 Å². The minimum atomic E-state index is -0.170. The molecule has 0 aromatic heterocycles. The van der Waals surface area contributed by atoms with E-state index in [-0.39, 0.29) is 12.1 Å². The van der Waals surface area contributed by atoms with Crippen molar-refractivity contribution in [3.05, 3.63) is 35.4 Å². The van der Waals surface area contributed by atoms with Crippen LogP contribution in [0, 0.1) is 0 Å². The number of likely N-dealkylation sites (N-methyl/N-ethyl adjacent to an activating group) is 1. The zero-order chi connectivity index (χ0) is 13.1. The van der Waals surface area contributed by atoms with Crippen molar-refractivity contribution < 1.29 is 5.11 Å².